The first kappa shape index (κ1) is 11.7. The lowest BCUT2D eigenvalue weighted by Crippen LogP contribution is -2.12. The summed E-state index contributed by atoms with van der Waals surface area (Å²) in [5.41, 5.74) is -0.0683. The molecule has 0 heterocycles. The number of hydrogen-bond donors (Lipinski definition) is 2. The van der Waals surface area contributed by atoms with E-state index in [9.17, 15) is 13.9 Å². The molecule has 0 aromatic heterocycles. The molecule has 15 heavy (non-hydrogen) atoms. The topological polar surface area (TPSA) is 41.5 Å². The summed E-state index contributed by atoms with van der Waals surface area (Å²) in [6.45, 7) is 0.442. The van der Waals surface area contributed by atoms with Crippen molar-refractivity contribution >= 4 is 0 Å². The molecule has 1 rings (SSSR count). The van der Waals surface area contributed by atoms with Crippen LogP contribution in [0, 0.1) is 11.6 Å². The minimum absolute atomic E-state index is 0.0556. The predicted molar refractivity (Wildman–Crippen MR) is 52.2 cm³/mol. The zero-order valence-electron chi connectivity index (χ0n) is 8.60. The molecule has 0 saturated carbocycles. The fourth-order valence-corrected chi connectivity index (χ4v) is 1.28. The van der Waals surface area contributed by atoms with Gasteiger partial charge in [-0.1, -0.05) is 0 Å². The van der Waals surface area contributed by atoms with E-state index in [0.717, 1.165) is 6.07 Å². The van der Waals surface area contributed by atoms with E-state index in [1.807, 2.05) is 0 Å². The van der Waals surface area contributed by atoms with Crippen LogP contribution < -0.4 is 10.1 Å². The van der Waals surface area contributed by atoms with Gasteiger partial charge in [-0.3, -0.25) is 0 Å². The fourth-order valence-electron chi connectivity index (χ4n) is 1.28. The van der Waals surface area contributed by atoms with E-state index in [1.54, 1.807) is 7.05 Å². The van der Waals surface area contributed by atoms with Crippen molar-refractivity contribution in [3.8, 4) is 11.5 Å². The normalized spacial score (nSPS) is 10.4. The number of phenolic OH excluding ortho intramolecular Hbond substituents is 1. The molecule has 0 aliphatic rings. The number of likely N-dealkylation sites (N-methyl/N-ethyl adjacent to an activating group) is 1. The molecule has 0 aliphatic carbocycles. The minimum Gasteiger partial charge on any atom is -0.504 e. The largest absolute Gasteiger partial charge is 0.504 e. The number of hydrogen-bond acceptors (Lipinski definition) is 3. The molecule has 1 aromatic carbocycles. The third kappa shape index (κ3) is 2.36. The van der Waals surface area contributed by atoms with Crippen LogP contribution in [-0.4, -0.2) is 25.8 Å². The number of halogens is 2. The molecule has 3 nitrogen and oxygen atoms in total. The van der Waals surface area contributed by atoms with Crippen LogP contribution in [0.15, 0.2) is 6.07 Å². The van der Waals surface area contributed by atoms with Crippen LogP contribution in [0.3, 0.4) is 0 Å². The van der Waals surface area contributed by atoms with E-state index in [1.165, 1.54) is 7.11 Å². The van der Waals surface area contributed by atoms with Crippen molar-refractivity contribution in [2.45, 2.75) is 6.42 Å². The summed E-state index contributed by atoms with van der Waals surface area (Å²) in [5.74, 6) is -2.44. The minimum atomic E-state index is -1.02. The Morgan fingerprint density at radius 1 is 1.47 bits per heavy atom. The number of nitrogens with one attached hydrogen (secondary N) is 1. The van der Waals surface area contributed by atoms with E-state index in [4.69, 9.17) is 4.74 Å². The number of rotatable bonds is 4. The van der Waals surface area contributed by atoms with Crippen molar-refractivity contribution in [1.82, 2.24) is 5.32 Å². The van der Waals surface area contributed by atoms with E-state index >= 15 is 0 Å². The molecule has 0 bridgehead atoms. The average molecular weight is 217 g/mol. The van der Waals surface area contributed by atoms with Gasteiger partial charge in [0, 0.05) is 11.6 Å². The molecule has 84 valence electrons. The highest BCUT2D eigenvalue weighted by Gasteiger charge is 2.17. The maximum atomic E-state index is 13.3. The Balaban J connectivity index is 3.15. The van der Waals surface area contributed by atoms with E-state index < -0.39 is 11.6 Å². The van der Waals surface area contributed by atoms with Crippen molar-refractivity contribution in [3.05, 3.63) is 23.3 Å². The molecule has 0 fully saturated rings. The third-order valence-electron chi connectivity index (χ3n) is 2.10. The number of aromatic hydroxyl groups is 1. The molecule has 0 aliphatic heterocycles. The third-order valence-corrected chi connectivity index (χ3v) is 2.10. The summed E-state index contributed by atoms with van der Waals surface area (Å²) in [7, 11) is 2.97. The van der Waals surface area contributed by atoms with Crippen molar-refractivity contribution < 1.29 is 18.6 Å². The summed E-state index contributed by atoms with van der Waals surface area (Å²) in [6.07, 6.45) is 0.197. The Kier molecular flexibility index (Phi) is 3.85. The Morgan fingerprint density at radius 3 is 2.67 bits per heavy atom. The monoisotopic (exact) mass is 217 g/mol. The number of methoxy groups -OCH3 is 1. The first-order valence-corrected chi connectivity index (χ1v) is 4.50. The van der Waals surface area contributed by atoms with Gasteiger partial charge in [-0.15, -0.1) is 0 Å². The smallest absolute Gasteiger partial charge is 0.166 e. The Bertz CT molecular complexity index is 356. The molecule has 0 atom stereocenters. The van der Waals surface area contributed by atoms with E-state index in [-0.39, 0.29) is 23.5 Å². The second-order valence-electron chi connectivity index (χ2n) is 3.06. The molecule has 5 heteroatoms. The number of ether oxygens (including phenoxy) is 1. The van der Waals surface area contributed by atoms with Gasteiger partial charge in [0.2, 0.25) is 0 Å². The lowest BCUT2D eigenvalue weighted by atomic mass is 10.1. The maximum absolute atomic E-state index is 13.3. The fraction of sp³-hybridized carbons (Fsp3) is 0.400. The summed E-state index contributed by atoms with van der Waals surface area (Å²) >= 11 is 0. The predicted octanol–water partition coefficient (Wildman–Crippen LogP) is 1.44. The van der Waals surface area contributed by atoms with Gasteiger partial charge >= 0.3 is 0 Å². The van der Waals surface area contributed by atoms with Crippen LogP contribution in [0.2, 0.25) is 0 Å². The second-order valence-corrected chi connectivity index (χ2v) is 3.06. The molecule has 1 aromatic rings. The zero-order valence-corrected chi connectivity index (χ0v) is 8.60. The van der Waals surface area contributed by atoms with Crippen molar-refractivity contribution in [1.29, 1.82) is 0 Å². The van der Waals surface area contributed by atoms with Gasteiger partial charge in [-0.25, -0.2) is 8.78 Å². The molecular formula is C10H13F2NO2. The Morgan fingerprint density at radius 2 is 2.13 bits per heavy atom. The van der Waals surface area contributed by atoms with E-state index in [0.29, 0.717) is 6.54 Å². The summed E-state index contributed by atoms with van der Waals surface area (Å²) in [5, 5.41) is 12.3. The van der Waals surface area contributed by atoms with Gasteiger partial charge < -0.3 is 15.2 Å². The highest BCUT2D eigenvalue weighted by molar-refractivity contribution is 5.46. The zero-order chi connectivity index (χ0) is 11.4. The molecular weight excluding hydrogens is 204 g/mol. The quantitative estimate of drug-likeness (QED) is 0.801. The van der Waals surface area contributed by atoms with Crippen molar-refractivity contribution in [2.24, 2.45) is 0 Å². The molecule has 0 spiro atoms. The SMILES string of the molecule is CNCCc1c(O)c(OC)cc(F)c1F. The summed E-state index contributed by atoms with van der Waals surface area (Å²) in [4.78, 5) is 0. The van der Waals surface area contributed by atoms with Crippen molar-refractivity contribution in [2.75, 3.05) is 20.7 Å². The average Bonchev–Trinajstić information content (AvgIpc) is 2.23. The van der Waals surface area contributed by atoms with Crippen LogP contribution in [0.5, 0.6) is 11.5 Å². The number of benzene rings is 1. The Hall–Kier alpha value is -1.36. The van der Waals surface area contributed by atoms with Crippen molar-refractivity contribution in [3.63, 3.8) is 0 Å². The summed E-state index contributed by atoms with van der Waals surface area (Å²) < 4.78 is 31.1. The van der Waals surface area contributed by atoms with Gasteiger partial charge in [0.15, 0.2) is 23.1 Å². The van der Waals surface area contributed by atoms with Gasteiger partial charge in [0.25, 0.3) is 0 Å². The standard InChI is InChI=1S/C10H13F2NO2/c1-13-4-3-6-9(12)7(11)5-8(15-2)10(6)14/h5,13-14H,3-4H2,1-2H3. The van der Waals surface area contributed by atoms with Gasteiger partial charge in [0.1, 0.15) is 0 Å². The molecule has 0 amide bonds. The molecule has 0 radical (unpaired) electrons. The van der Waals surface area contributed by atoms with Gasteiger partial charge in [-0.2, -0.15) is 0 Å². The first-order valence-electron chi connectivity index (χ1n) is 4.50. The van der Waals surface area contributed by atoms with Crippen LogP contribution in [-0.2, 0) is 6.42 Å². The van der Waals surface area contributed by atoms with Crippen LogP contribution in [0.1, 0.15) is 5.56 Å². The molecule has 0 saturated heterocycles. The maximum Gasteiger partial charge on any atom is 0.166 e. The van der Waals surface area contributed by atoms with Gasteiger partial charge in [-0.05, 0) is 20.0 Å². The van der Waals surface area contributed by atoms with Crippen LogP contribution >= 0.6 is 0 Å². The van der Waals surface area contributed by atoms with E-state index in [2.05, 4.69) is 5.32 Å². The van der Waals surface area contributed by atoms with Crippen LogP contribution in [0.4, 0.5) is 8.78 Å². The van der Waals surface area contributed by atoms with Crippen LogP contribution in [0.25, 0.3) is 0 Å². The second kappa shape index (κ2) is 4.93. The molecule has 0 unspecified atom stereocenters. The lowest BCUT2D eigenvalue weighted by Gasteiger charge is -2.10. The first-order chi connectivity index (χ1) is 7.11. The molecule has 2 N–H and O–H groups in total. The lowest BCUT2D eigenvalue weighted by molar-refractivity contribution is 0.359. The highest BCUT2D eigenvalue weighted by atomic mass is 19.2. The number of phenols is 1. The Labute approximate surface area is 86.7 Å². The summed E-state index contributed by atoms with van der Waals surface area (Å²) in [6, 6.07) is 0.827. The highest BCUT2D eigenvalue weighted by Crippen LogP contribution is 2.33. The van der Waals surface area contributed by atoms with Gasteiger partial charge in [0.05, 0.1) is 7.11 Å².